The van der Waals surface area contributed by atoms with Crippen molar-refractivity contribution in [3.05, 3.63) is 95.8 Å². The standard InChI is InChI=1S/C40H49N5O10Si/c1-23-36(56(3,4)28-13-11-27(53-2)12-14-28)31(16-18-44-22-26(17-19-46)42-43-44)55-40(23)29-20-25(41-37(50)35-33(48)32(47)34(49)38(51)54-35)10-15-30(29)45(39(40)52)21-24-8-6-5-7-9-24/h5-15,20,22-23,31-36,38,46-49,51H,16-19,21H2,1-4H3,(H,41,50)/t23-,31+,32+,33+,34-,35+,36-,38-,40+/m1/s1. The summed E-state index contributed by atoms with van der Waals surface area (Å²) in [6.07, 6.45) is -6.72. The van der Waals surface area contributed by atoms with Gasteiger partial charge in [0.05, 0.1) is 39.2 Å². The number of aliphatic hydroxyl groups is 5. The minimum atomic E-state index is -2.49. The van der Waals surface area contributed by atoms with Crippen LogP contribution in [-0.2, 0) is 44.2 Å². The highest BCUT2D eigenvalue weighted by atomic mass is 28.3. The summed E-state index contributed by atoms with van der Waals surface area (Å²) in [6.45, 7) is 7.33. The number of benzene rings is 3. The number of amides is 2. The lowest BCUT2D eigenvalue weighted by atomic mass is 9.82. The van der Waals surface area contributed by atoms with Crippen LogP contribution in [-0.4, -0.2) is 111 Å². The molecule has 2 amide bonds. The van der Waals surface area contributed by atoms with E-state index in [2.05, 4.69) is 47.8 Å². The number of aryl methyl sites for hydroxylation is 1. The number of aromatic nitrogens is 3. The van der Waals surface area contributed by atoms with Gasteiger partial charge in [-0.3, -0.25) is 14.3 Å². The molecule has 9 atom stereocenters. The molecular formula is C40H49N5O10Si. The Morgan fingerprint density at radius 3 is 2.43 bits per heavy atom. The van der Waals surface area contributed by atoms with Gasteiger partial charge in [-0.25, -0.2) is 0 Å². The van der Waals surface area contributed by atoms with Gasteiger partial charge in [-0.2, -0.15) is 0 Å². The van der Waals surface area contributed by atoms with Crippen LogP contribution in [0.15, 0.2) is 79.0 Å². The number of aliphatic hydroxyl groups excluding tert-OH is 5. The fourth-order valence-electron chi connectivity index (χ4n) is 8.81. The molecule has 3 aromatic carbocycles. The SMILES string of the molecule is COc1ccc([Si](C)(C)[C@H]2[C@H](CCn3cc(CCO)nn3)O[C@@]3(C(=O)N(Cc4ccccc4)c4ccc(NC(=O)[C@H]5O[C@@H](O)[C@H](O)[C@@H](O)[C@@H]5O)cc43)[C@@H]2C)cc1. The molecule has 0 radical (unpaired) electrons. The topological polar surface area (TPSA) is 209 Å². The Balaban J connectivity index is 1.29. The number of rotatable bonds is 12. The van der Waals surface area contributed by atoms with Crippen LogP contribution in [0.4, 0.5) is 11.4 Å². The lowest BCUT2D eigenvalue weighted by molar-refractivity contribution is -0.274. The third-order valence-corrected chi connectivity index (χ3v) is 16.1. The average Bonchev–Trinajstić information content (AvgIpc) is 3.84. The fourth-order valence-corrected chi connectivity index (χ4v) is 12.9. The molecule has 56 heavy (non-hydrogen) atoms. The number of methoxy groups -OCH3 is 1. The van der Waals surface area contributed by atoms with E-state index >= 15 is 4.79 Å². The van der Waals surface area contributed by atoms with Crippen molar-refractivity contribution in [2.45, 2.75) is 93.9 Å². The van der Waals surface area contributed by atoms with Crippen LogP contribution in [0.25, 0.3) is 0 Å². The Hall–Kier alpha value is -4.52. The number of ether oxygens (including phenoxy) is 3. The summed E-state index contributed by atoms with van der Waals surface area (Å²) in [5.74, 6) is -0.703. The molecule has 0 unspecified atom stereocenters. The highest BCUT2D eigenvalue weighted by Crippen LogP contribution is 2.60. The number of carbonyl (C=O) groups is 2. The number of hydrogen-bond donors (Lipinski definition) is 6. The van der Waals surface area contributed by atoms with Crippen molar-refractivity contribution in [2.24, 2.45) is 5.92 Å². The number of hydrogen-bond acceptors (Lipinski definition) is 12. The molecule has 2 saturated heterocycles. The smallest absolute Gasteiger partial charge is 0.264 e. The molecule has 16 heteroatoms. The van der Waals surface area contributed by atoms with Crippen molar-refractivity contribution in [3.8, 4) is 5.75 Å². The van der Waals surface area contributed by atoms with Crippen LogP contribution < -0.4 is 20.1 Å². The van der Waals surface area contributed by atoms with E-state index in [-0.39, 0.29) is 36.2 Å². The monoisotopic (exact) mass is 787 g/mol. The maximum absolute atomic E-state index is 15.2. The number of carbonyl (C=O) groups excluding carboxylic acids is 2. The summed E-state index contributed by atoms with van der Waals surface area (Å²) in [6, 6.07) is 22.8. The van der Waals surface area contributed by atoms with E-state index in [9.17, 15) is 30.3 Å². The molecule has 2 fully saturated rings. The van der Waals surface area contributed by atoms with Gasteiger partial charge in [0.25, 0.3) is 11.8 Å². The van der Waals surface area contributed by atoms with Gasteiger partial charge < -0.3 is 50.0 Å². The summed E-state index contributed by atoms with van der Waals surface area (Å²) in [5, 5.41) is 62.6. The van der Waals surface area contributed by atoms with Gasteiger partial charge in [-0.15, -0.1) is 5.10 Å². The number of fused-ring (bicyclic) bond motifs is 2. The van der Waals surface area contributed by atoms with Crippen LogP contribution in [0.5, 0.6) is 5.75 Å². The van der Waals surface area contributed by atoms with Gasteiger partial charge in [-0.1, -0.05) is 72.9 Å². The molecule has 0 aliphatic carbocycles. The van der Waals surface area contributed by atoms with Gasteiger partial charge in [0.1, 0.15) is 24.1 Å². The highest BCUT2D eigenvalue weighted by Gasteiger charge is 2.66. The van der Waals surface area contributed by atoms with E-state index in [1.807, 2.05) is 48.7 Å². The van der Waals surface area contributed by atoms with Gasteiger partial charge in [-0.05, 0) is 47.9 Å². The third-order valence-electron chi connectivity index (χ3n) is 11.7. The molecule has 6 N–H and O–H groups in total. The average molecular weight is 788 g/mol. The Labute approximate surface area is 325 Å². The predicted octanol–water partition coefficient (Wildman–Crippen LogP) is 1.41. The predicted molar refractivity (Wildman–Crippen MR) is 207 cm³/mol. The van der Waals surface area contributed by atoms with Crippen LogP contribution in [0.3, 0.4) is 0 Å². The van der Waals surface area contributed by atoms with Crippen LogP contribution in [0.1, 0.15) is 30.2 Å². The first kappa shape index (κ1) is 39.7. The van der Waals surface area contributed by atoms with E-state index in [1.165, 1.54) is 5.19 Å². The molecule has 3 aliphatic heterocycles. The molecule has 4 aromatic rings. The third kappa shape index (κ3) is 7.04. The summed E-state index contributed by atoms with van der Waals surface area (Å²) < 4.78 is 19.6. The highest BCUT2D eigenvalue weighted by molar-refractivity contribution is 6.91. The summed E-state index contributed by atoms with van der Waals surface area (Å²) in [7, 11) is -0.867. The second kappa shape index (κ2) is 15.8. The van der Waals surface area contributed by atoms with Crippen molar-refractivity contribution >= 4 is 36.4 Å². The van der Waals surface area contributed by atoms with Gasteiger partial charge >= 0.3 is 0 Å². The van der Waals surface area contributed by atoms with Gasteiger partial charge in [0.2, 0.25) is 0 Å². The van der Waals surface area contributed by atoms with Crippen LogP contribution >= 0.6 is 0 Å². The molecule has 1 aromatic heterocycles. The minimum Gasteiger partial charge on any atom is -0.497 e. The minimum absolute atomic E-state index is 0.0427. The molecule has 298 valence electrons. The molecule has 0 bridgehead atoms. The summed E-state index contributed by atoms with van der Waals surface area (Å²) in [5.41, 5.74) is 1.51. The van der Waals surface area contributed by atoms with Gasteiger partial charge in [0, 0.05) is 42.9 Å². The second-order valence-electron chi connectivity index (χ2n) is 15.4. The van der Waals surface area contributed by atoms with Crippen LogP contribution in [0, 0.1) is 5.92 Å². The first-order chi connectivity index (χ1) is 26.8. The van der Waals surface area contributed by atoms with Crippen molar-refractivity contribution < 1.29 is 49.3 Å². The molecule has 4 heterocycles. The molecule has 1 spiro atoms. The van der Waals surface area contributed by atoms with Gasteiger partial charge in [0.15, 0.2) is 18.0 Å². The Kier molecular flexibility index (Phi) is 11.2. The Morgan fingerprint density at radius 2 is 1.73 bits per heavy atom. The summed E-state index contributed by atoms with van der Waals surface area (Å²) >= 11 is 0. The zero-order valence-electron chi connectivity index (χ0n) is 31.7. The van der Waals surface area contributed by atoms with E-state index < -0.39 is 56.4 Å². The number of anilines is 2. The molecular weight excluding hydrogens is 739 g/mol. The van der Waals surface area contributed by atoms with Crippen molar-refractivity contribution in [1.82, 2.24) is 15.0 Å². The number of nitrogens with one attached hydrogen (secondary N) is 1. The quantitative estimate of drug-likeness (QED) is 0.113. The van der Waals surface area contributed by atoms with E-state index in [0.29, 0.717) is 36.3 Å². The largest absolute Gasteiger partial charge is 0.497 e. The van der Waals surface area contributed by atoms with Crippen molar-refractivity contribution in [3.63, 3.8) is 0 Å². The maximum atomic E-state index is 15.2. The molecule has 0 saturated carbocycles. The van der Waals surface area contributed by atoms with E-state index in [0.717, 1.165) is 11.3 Å². The van der Waals surface area contributed by atoms with E-state index in [4.69, 9.17) is 14.2 Å². The summed E-state index contributed by atoms with van der Waals surface area (Å²) in [4.78, 5) is 30.5. The molecule has 15 nitrogen and oxygen atoms in total. The van der Waals surface area contributed by atoms with Crippen LogP contribution in [0.2, 0.25) is 18.6 Å². The molecule has 3 aliphatic rings. The first-order valence-corrected chi connectivity index (χ1v) is 21.9. The zero-order valence-corrected chi connectivity index (χ0v) is 32.7. The molecule has 7 rings (SSSR count). The maximum Gasteiger partial charge on any atom is 0.264 e. The van der Waals surface area contributed by atoms with Crippen molar-refractivity contribution in [2.75, 3.05) is 23.9 Å². The van der Waals surface area contributed by atoms with Crippen molar-refractivity contribution in [1.29, 1.82) is 0 Å². The van der Waals surface area contributed by atoms with E-state index in [1.54, 1.807) is 34.9 Å². The lowest BCUT2D eigenvalue weighted by Crippen LogP contribution is -2.60. The lowest BCUT2D eigenvalue weighted by Gasteiger charge is -2.37. The normalized spacial score (nSPS) is 28.8. The second-order valence-corrected chi connectivity index (χ2v) is 20.1. The fraction of sp³-hybridized carbons (Fsp3) is 0.450. The zero-order chi connectivity index (χ0) is 39.9. The Bertz CT molecular complexity index is 2030. The Morgan fingerprint density at radius 1 is 1.00 bits per heavy atom. The number of nitrogens with zero attached hydrogens (tertiary/aromatic N) is 4. The first-order valence-electron chi connectivity index (χ1n) is 18.8.